The number of benzene rings is 1. The molecule has 1 aliphatic rings. The van der Waals surface area contributed by atoms with Gasteiger partial charge in [-0.1, -0.05) is 23.2 Å². The van der Waals surface area contributed by atoms with Crippen molar-refractivity contribution >= 4 is 34.8 Å². The molecule has 0 aliphatic carbocycles. The van der Waals surface area contributed by atoms with E-state index in [1.54, 1.807) is 18.2 Å². The molecule has 0 spiro atoms. The first kappa shape index (κ1) is 14.6. The fourth-order valence-corrected chi connectivity index (χ4v) is 2.52. The van der Waals surface area contributed by atoms with Gasteiger partial charge in [0, 0.05) is 31.2 Å². The highest BCUT2D eigenvalue weighted by Gasteiger charge is 2.23. The van der Waals surface area contributed by atoms with E-state index in [9.17, 15) is 4.79 Å². The van der Waals surface area contributed by atoms with Gasteiger partial charge in [0.15, 0.2) is 0 Å². The Bertz CT molecular complexity index is 461. The van der Waals surface area contributed by atoms with Crippen LogP contribution in [0.3, 0.4) is 0 Å². The SMILES string of the molecule is CC(C(=O)Nc1ccc(Cl)cc1Cl)N1CCNCC1. The lowest BCUT2D eigenvalue weighted by Crippen LogP contribution is -2.51. The van der Waals surface area contributed by atoms with Gasteiger partial charge >= 0.3 is 0 Å². The van der Waals surface area contributed by atoms with E-state index < -0.39 is 0 Å². The molecule has 0 bridgehead atoms. The van der Waals surface area contributed by atoms with E-state index in [0.29, 0.717) is 15.7 Å². The van der Waals surface area contributed by atoms with Crippen LogP contribution in [0.5, 0.6) is 0 Å². The number of hydrogen-bond donors (Lipinski definition) is 2. The lowest BCUT2D eigenvalue weighted by molar-refractivity contribution is -0.120. The molecular formula is C13H17Cl2N3O. The van der Waals surface area contributed by atoms with E-state index in [1.165, 1.54) is 0 Å². The van der Waals surface area contributed by atoms with Gasteiger partial charge in [-0.15, -0.1) is 0 Å². The molecule has 1 fully saturated rings. The molecule has 1 aromatic carbocycles. The fraction of sp³-hybridized carbons (Fsp3) is 0.462. The summed E-state index contributed by atoms with van der Waals surface area (Å²) >= 11 is 11.9. The number of rotatable bonds is 3. The van der Waals surface area contributed by atoms with Crippen LogP contribution in [0.1, 0.15) is 6.92 Å². The Morgan fingerprint density at radius 2 is 2.05 bits per heavy atom. The van der Waals surface area contributed by atoms with Gasteiger partial charge in [-0.25, -0.2) is 0 Å². The number of nitrogens with zero attached hydrogens (tertiary/aromatic N) is 1. The number of anilines is 1. The minimum absolute atomic E-state index is 0.0499. The summed E-state index contributed by atoms with van der Waals surface area (Å²) in [5, 5.41) is 7.11. The van der Waals surface area contributed by atoms with E-state index in [0.717, 1.165) is 26.2 Å². The summed E-state index contributed by atoms with van der Waals surface area (Å²) in [6.45, 7) is 5.50. The summed E-state index contributed by atoms with van der Waals surface area (Å²) in [5.74, 6) is -0.0499. The molecule has 0 aromatic heterocycles. The smallest absolute Gasteiger partial charge is 0.241 e. The van der Waals surface area contributed by atoms with Crippen molar-refractivity contribution in [2.45, 2.75) is 13.0 Å². The lowest BCUT2D eigenvalue weighted by atomic mass is 10.2. The second kappa shape index (κ2) is 6.57. The highest BCUT2D eigenvalue weighted by atomic mass is 35.5. The van der Waals surface area contributed by atoms with E-state index in [4.69, 9.17) is 23.2 Å². The van der Waals surface area contributed by atoms with Crippen molar-refractivity contribution in [1.82, 2.24) is 10.2 Å². The zero-order valence-corrected chi connectivity index (χ0v) is 12.3. The lowest BCUT2D eigenvalue weighted by Gasteiger charge is -2.31. The quantitative estimate of drug-likeness (QED) is 0.900. The fourth-order valence-electron chi connectivity index (χ4n) is 2.06. The monoisotopic (exact) mass is 301 g/mol. The Kier molecular flexibility index (Phi) is 5.05. The number of amides is 1. The average molecular weight is 302 g/mol. The Labute approximate surface area is 123 Å². The van der Waals surface area contributed by atoms with Crippen LogP contribution in [-0.2, 0) is 4.79 Å². The number of piperazine rings is 1. The first-order valence-corrected chi connectivity index (χ1v) is 7.04. The molecule has 1 atom stereocenters. The minimum Gasteiger partial charge on any atom is -0.323 e. The molecule has 1 heterocycles. The number of carbonyl (C=O) groups is 1. The molecule has 19 heavy (non-hydrogen) atoms. The zero-order chi connectivity index (χ0) is 13.8. The van der Waals surface area contributed by atoms with Gasteiger partial charge in [-0.3, -0.25) is 9.69 Å². The maximum absolute atomic E-state index is 12.2. The molecule has 0 radical (unpaired) electrons. The number of halogens is 2. The molecule has 1 saturated heterocycles. The van der Waals surface area contributed by atoms with E-state index in [1.807, 2.05) is 6.92 Å². The highest BCUT2D eigenvalue weighted by Crippen LogP contribution is 2.25. The summed E-state index contributed by atoms with van der Waals surface area (Å²) in [4.78, 5) is 14.3. The first-order valence-electron chi connectivity index (χ1n) is 6.28. The Morgan fingerprint density at radius 1 is 1.37 bits per heavy atom. The van der Waals surface area contributed by atoms with E-state index >= 15 is 0 Å². The maximum atomic E-state index is 12.2. The van der Waals surface area contributed by atoms with Crippen molar-refractivity contribution in [3.05, 3.63) is 28.2 Å². The second-order valence-corrected chi connectivity index (χ2v) is 5.42. The molecule has 104 valence electrons. The summed E-state index contributed by atoms with van der Waals surface area (Å²) in [6.07, 6.45) is 0. The third-order valence-electron chi connectivity index (χ3n) is 3.27. The molecule has 2 N–H and O–H groups in total. The molecule has 1 unspecified atom stereocenters. The molecule has 1 aromatic rings. The topological polar surface area (TPSA) is 44.4 Å². The van der Waals surface area contributed by atoms with Gasteiger partial charge < -0.3 is 10.6 Å². The molecule has 1 aliphatic heterocycles. The standard InChI is InChI=1S/C13H17Cl2N3O/c1-9(18-6-4-16-5-7-18)13(19)17-12-3-2-10(14)8-11(12)15/h2-3,8-9,16H,4-7H2,1H3,(H,17,19). The van der Waals surface area contributed by atoms with E-state index in [2.05, 4.69) is 15.5 Å². The Balaban J connectivity index is 1.99. The van der Waals surface area contributed by atoms with Gasteiger partial charge in [0.1, 0.15) is 0 Å². The van der Waals surface area contributed by atoms with Gasteiger partial charge in [0.05, 0.1) is 16.8 Å². The number of hydrogen-bond acceptors (Lipinski definition) is 3. The number of carbonyl (C=O) groups excluding carboxylic acids is 1. The highest BCUT2D eigenvalue weighted by molar-refractivity contribution is 6.36. The largest absolute Gasteiger partial charge is 0.323 e. The van der Waals surface area contributed by atoms with Crippen molar-refractivity contribution < 1.29 is 4.79 Å². The zero-order valence-electron chi connectivity index (χ0n) is 10.7. The van der Waals surface area contributed by atoms with E-state index in [-0.39, 0.29) is 11.9 Å². The van der Waals surface area contributed by atoms with Crippen molar-refractivity contribution in [3.8, 4) is 0 Å². The normalized spacial score (nSPS) is 18.1. The summed E-state index contributed by atoms with van der Waals surface area (Å²) in [7, 11) is 0. The van der Waals surface area contributed by atoms with Crippen LogP contribution in [0.15, 0.2) is 18.2 Å². The predicted molar refractivity (Wildman–Crippen MR) is 79.0 cm³/mol. The van der Waals surface area contributed by atoms with Gasteiger partial charge in [-0.2, -0.15) is 0 Å². The summed E-state index contributed by atoms with van der Waals surface area (Å²) in [6, 6.07) is 4.87. The third-order valence-corrected chi connectivity index (χ3v) is 3.82. The van der Waals surface area contributed by atoms with Crippen LogP contribution in [0.2, 0.25) is 10.0 Å². The number of nitrogens with one attached hydrogen (secondary N) is 2. The molecule has 6 heteroatoms. The summed E-state index contributed by atoms with van der Waals surface area (Å²) in [5.41, 5.74) is 0.595. The Morgan fingerprint density at radius 3 is 2.68 bits per heavy atom. The van der Waals surface area contributed by atoms with Crippen molar-refractivity contribution in [3.63, 3.8) is 0 Å². The average Bonchev–Trinajstić information content (AvgIpc) is 2.42. The Hall–Kier alpha value is -0.810. The van der Waals surface area contributed by atoms with Crippen LogP contribution in [0.25, 0.3) is 0 Å². The first-order chi connectivity index (χ1) is 9.08. The summed E-state index contributed by atoms with van der Waals surface area (Å²) < 4.78 is 0. The molecular weight excluding hydrogens is 285 g/mol. The predicted octanol–water partition coefficient (Wildman–Crippen LogP) is 2.23. The molecule has 0 saturated carbocycles. The van der Waals surface area contributed by atoms with Gasteiger partial charge in [-0.05, 0) is 25.1 Å². The van der Waals surface area contributed by atoms with Crippen molar-refractivity contribution in [2.24, 2.45) is 0 Å². The maximum Gasteiger partial charge on any atom is 0.241 e. The van der Waals surface area contributed by atoms with Crippen LogP contribution in [-0.4, -0.2) is 43.0 Å². The van der Waals surface area contributed by atoms with Gasteiger partial charge in [0.2, 0.25) is 5.91 Å². The van der Waals surface area contributed by atoms with Crippen LogP contribution in [0.4, 0.5) is 5.69 Å². The van der Waals surface area contributed by atoms with Crippen LogP contribution in [0, 0.1) is 0 Å². The molecule has 2 rings (SSSR count). The van der Waals surface area contributed by atoms with Crippen molar-refractivity contribution in [2.75, 3.05) is 31.5 Å². The van der Waals surface area contributed by atoms with Crippen LogP contribution >= 0.6 is 23.2 Å². The second-order valence-electron chi connectivity index (χ2n) is 4.58. The molecule has 4 nitrogen and oxygen atoms in total. The molecule has 1 amide bonds. The van der Waals surface area contributed by atoms with Crippen LogP contribution < -0.4 is 10.6 Å². The third kappa shape index (κ3) is 3.83. The van der Waals surface area contributed by atoms with Crippen molar-refractivity contribution in [1.29, 1.82) is 0 Å². The minimum atomic E-state index is -0.172. The van der Waals surface area contributed by atoms with Gasteiger partial charge in [0.25, 0.3) is 0 Å².